The normalized spacial score (nSPS) is 9.74. The Labute approximate surface area is 214 Å². The highest BCUT2D eigenvalue weighted by Gasteiger charge is 1.96. The van der Waals surface area contributed by atoms with Gasteiger partial charge in [-0.25, -0.2) is 0 Å². The Hall–Kier alpha value is -2.86. The molecule has 1 aliphatic rings. The van der Waals surface area contributed by atoms with E-state index >= 15 is 0 Å². The van der Waals surface area contributed by atoms with Crippen molar-refractivity contribution in [3.63, 3.8) is 0 Å². The predicted octanol–water partition coefficient (Wildman–Crippen LogP) is 11.9. The fraction of sp³-hybridized carbons (Fsp3) is 0.353. The summed E-state index contributed by atoms with van der Waals surface area (Å²) in [5.41, 5.74) is 6.63. The van der Waals surface area contributed by atoms with Crippen molar-refractivity contribution >= 4 is 0 Å². The molecule has 2 aromatic carbocycles. The molecule has 0 atom stereocenters. The average Bonchev–Trinajstić information content (AvgIpc) is 2.89. The summed E-state index contributed by atoms with van der Waals surface area (Å²) in [5.74, 6) is 0. The highest BCUT2D eigenvalue weighted by molar-refractivity contribution is 5.64. The number of rotatable bonds is 2. The molecule has 0 heteroatoms. The van der Waals surface area contributed by atoms with Crippen LogP contribution in [0.2, 0.25) is 0 Å². The van der Waals surface area contributed by atoms with Crippen molar-refractivity contribution in [2.24, 2.45) is 0 Å². The van der Waals surface area contributed by atoms with Crippen LogP contribution in [0.25, 0.3) is 11.1 Å². The van der Waals surface area contributed by atoms with Crippen LogP contribution in [0, 0.1) is 13.8 Å². The van der Waals surface area contributed by atoms with Crippen molar-refractivity contribution in [1.29, 1.82) is 0 Å². The van der Waals surface area contributed by atoms with Gasteiger partial charge in [-0.2, -0.15) is 0 Å². The molecule has 0 bridgehead atoms. The summed E-state index contributed by atoms with van der Waals surface area (Å²) in [7, 11) is 0. The van der Waals surface area contributed by atoms with Crippen LogP contribution in [0.5, 0.6) is 0 Å². The molecule has 0 fully saturated rings. The molecule has 0 saturated carbocycles. The van der Waals surface area contributed by atoms with Crippen LogP contribution in [0.15, 0.2) is 111 Å². The van der Waals surface area contributed by atoms with Crippen LogP contribution in [-0.2, 0) is 0 Å². The quantitative estimate of drug-likeness (QED) is 0.389. The van der Waals surface area contributed by atoms with E-state index in [1.54, 1.807) is 6.08 Å². The Morgan fingerprint density at radius 3 is 1.35 bits per heavy atom. The zero-order chi connectivity index (χ0) is 27.2. The van der Waals surface area contributed by atoms with Crippen molar-refractivity contribution in [2.45, 2.75) is 81.6 Å². The van der Waals surface area contributed by atoms with Crippen molar-refractivity contribution in [1.82, 2.24) is 0 Å². The van der Waals surface area contributed by atoms with E-state index in [2.05, 4.69) is 121 Å². The molecule has 0 amide bonds. The minimum Gasteiger partial charge on any atom is -0.106 e. The highest BCUT2D eigenvalue weighted by atomic mass is 14.0. The summed E-state index contributed by atoms with van der Waals surface area (Å²) in [5, 5.41) is 0. The molecule has 0 radical (unpaired) electrons. The van der Waals surface area contributed by atoms with E-state index in [0.717, 1.165) is 6.42 Å². The van der Waals surface area contributed by atoms with Gasteiger partial charge in [-0.3, -0.25) is 0 Å². The van der Waals surface area contributed by atoms with Crippen LogP contribution in [-0.4, -0.2) is 0 Å². The SMILES string of the molecule is C=C.C=CC.C=CCC.CC.CC.CC1=CCCC=C1.Cc1cccc(-c2cccc(C)c2)c1. The second-order valence-corrected chi connectivity index (χ2v) is 6.77. The van der Waals surface area contributed by atoms with Crippen molar-refractivity contribution < 1.29 is 0 Å². The second-order valence-electron chi connectivity index (χ2n) is 6.77. The molecule has 0 N–H and O–H groups in total. The summed E-state index contributed by atoms with van der Waals surface area (Å²) in [6.45, 7) is 31.2. The van der Waals surface area contributed by atoms with Gasteiger partial charge in [0, 0.05) is 0 Å². The number of hydrogen-bond acceptors (Lipinski definition) is 0. The molecule has 0 spiro atoms. The molecule has 34 heavy (non-hydrogen) atoms. The fourth-order valence-electron chi connectivity index (χ4n) is 2.39. The van der Waals surface area contributed by atoms with Gasteiger partial charge in [0.2, 0.25) is 0 Å². The Morgan fingerprint density at radius 2 is 1.15 bits per heavy atom. The van der Waals surface area contributed by atoms with Gasteiger partial charge in [0.05, 0.1) is 0 Å². The first-order valence-electron chi connectivity index (χ1n) is 12.6. The first-order chi connectivity index (χ1) is 16.5. The zero-order valence-electron chi connectivity index (χ0n) is 24.0. The zero-order valence-corrected chi connectivity index (χ0v) is 24.0. The van der Waals surface area contributed by atoms with Crippen LogP contribution >= 0.6 is 0 Å². The third kappa shape index (κ3) is 25.4. The van der Waals surface area contributed by atoms with Gasteiger partial charge in [-0.1, -0.05) is 130 Å². The average molecular weight is 463 g/mol. The summed E-state index contributed by atoms with van der Waals surface area (Å²) in [6.07, 6.45) is 13.8. The van der Waals surface area contributed by atoms with Gasteiger partial charge < -0.3 is 0 Å². The Morgan fingerprint density at radius 1 is 0.765 bits per heavy atom. The van der Waals surface area contributed by atoms with Gasteiger partial charge in [0.25, 0.3) is 0 Å². The maximum atomic E-state index is 3.48. The van der Waals surface area contributed by atoms with Crippen LogP contribution in [0.4, 0.5) is 0 Å². The van der Waals surface area contributed by atoms with Gasteiger partial charge in [-0.15, -0.1) is 26.3 Å². The minimum atomic E-state index is 1.08. The lowest BCUT2D eigenvalue weighted by atomic mass is 10.0. The third-order valence-electron chi connectivity index (χ3n) is 3.84. The van der Waals surface area contributed by atoms with E-state index in [4.69, 9.17) is 0 Å². The molecule has 0 aromatic heterocycles. The Kier molecular flexibility index (Phi) is 36.5. The molecular weight excluding hydrogens is 408 g/mol. The van der Waals surface area contributed by atoms with Crippen molar-refractivity contribution in [3.8, 4) is 11.1 Å². The number of allylic oxidation sites excluding steroid dienone is 6. The molecule has 0 saturated heterocycles. The van der Waals surface area contributed by atoms with Gasteiger partial charge in [-0.05, 0) is 58.1 Å². The van der Waals surface area contributed by atoms with Gasteiger partial charge >= 0.3 is 0 Å². The lowest BCUT2D eigenvalue weighted by Crippen LogP contribution is -1.80. The van der Waals surface area contributed by atoms with Gasteiger partial charge in [0.15, 0.2) is 0 Å². The summed E-state index contributed by atoms with van der Waals surface area (Å²) in [4.78, 5) is 0. The lowest BCUT2D eigenvalue weighted by Gasteiger charge is -2.03. The topological polar surface area (TPSA) is 0 Å². The maximum absolute atomic E-state index is 3.48. The summed E-state index contributed by atoms with van der Waals surface area (Å²) in [6, 6.07) is 17.2. The van der Waals surface area contributed by atoms with E-state index < -0.39 is 0 Å². The molecular formula is C34H54. The monoisotopic (exact) mass is 462 g/mol. The van der Waals surface area contributed by atoms with Crippen molar-refractivity contribution in [3.05, 3.63) is 122 Å². The second kappa shape index (κ2) is 32.3. The lowest BCUT2D eigenvalue weighted by molar-refractivity contribution is 1.02. The molecule has 2 aromatic rings. The molecule has 1 aliphatic carbocycles. The van der Waals surface area contributed by atoms with Crippen LogP contribution in [0.1, 0.15) is 78.9 Å². The molecule has 0 unspecified atom stereocenters. The minimum absolute atomic E-state index is 1.08. The van der Waals surface area contributed by atoms with Gasteiger partial charge in [0.1, 0.15) is 0 Å². The van der Waals surface area contributed by atoms with Crippen LogP contribution < -0.4 is 0 Å². The first-order valence-corrected chi connectivity index (χ1v) is 12.6. The van der Waals surface area contributed by atoms with E-state index in [9.17, 15) is 0 Å². The molecule has 3 rings (SSSR count). The smallest absolute Gasteiger partial charge is 0.0181 e. The summed E-state index contributed by atoms with van der Waals surface area (Å²) < 4.78 is 0. The largest absolute Gasteiger partial charge is 0.106 e. The number of hydrogen-bond donors (Lipinski definition) is 0. The highest BCUT2D eigenvalue weighted by Crippen LogP contribution is 2.20. The van der Waals surface area contributed by atoms with E-state index in [1.807, 2.05) is 40.7 Å². The molecule has 0 aliphatic heterocycles. The maximum Gasteiger partial charge on any atom is -0.0181 e. The predicted molar refractivity (Wildman–Crippen MR) is 164 cm³/mol. The van der Waals surface area contributed by atoms with E-state index in [-0.39, 0.29) is 0 Å². The number of benzene rings is 2. The Balaban J connectivity index is -0.000000190. The standard InChI is InChI=1S/C14H14.C7H10.C4H8.C3H6.2C2H6.C2H4/c1-11-5-3-7-13(9-11)14-8-4-6-12(2)10-14;1-7-5-3-2-4-6-7;1-3-4-2;1-3-2;3*1-2/h3-10H,1-2H3;3,5-6H,2,4H2,1H3;3H,1,4H2,2H3;3H,1H2,2H3;2*1-2H3;1-2H2. The molecule has 0 heterocycles. The fourth-order valence-corrected chi connectivity index (χ4v) is 2.39. The molecule has 190 valence electrons. The third-order valence-corrected chi connectivity index (χ3v) is 3.84. The van der Waals surface area contributed by atoms with Crippen molar-refractivity contribution in [2.75, 3.05) is 0 Å². The first kappa shape index (κ1) is 38.4. The number of aryl methyl sites for hydroxylation is 2. The van der Waals surface area contributed by atoms with E-state index in [0.29, 0.717) is 0 Å². The summed E-state index contributed by atoms with van der Waals surface area (Å²) >= 11 is 0. The van der Waals surface area contributed by atoms with E-state index in [1.165, 1.54) is 40.7 Å². The Bertz CT molecular complexity index is 716. The molecule has 0 nitrogen and oxygen atoms in total. The van der Waals surface area contributed by atoms with Crippen LogP contribution in [0.3, 0.4) is 0 Å².